The first-order valence-electron chi connectivity index (χ1n) is 5.04. The SMILES string of the molecule is CC1CS(=O)(=O)CCN1CCC(N)C#N. The average molecular weight is 231 g/mol. The van der Waals surface area contributed by atoms with Crippen molar-refractivity contribution in [2.75, 3.05) is 24.6 Å². The van der Waals surface area contributed by atoms with Crippen molar-refractivity contribution in [3.63, 3.8) is 0 Å². The van der Waals surface area contributed by atoms with Crippen LogP contribution in [0.4, 0.5) is 0 Å². The molecule has 1 aliphatic rings. The number of nitrogens with two attached hydrogens (primary N) is 1. The van der Waals surface area contributed by atoms with Crippen LogP contribution in [0.3, 0.4) is 0 Å². The van der Waals surface area contributed by atoms with Crippen molar-refractivity contribution < 1.29 is 8.42 Å². The van der Waals surface area contributed by atoms with Crippen LogP contribution < -0.4 is 5.73 Å². The van der Waals surface area contributed by atoms with E-state index in [0.29, 0.717) is 19.5 Å². The Hall–Kier alpha value is -0.640. The van der Waals surface area contributed by atoms with E-state index in [0.717, 1.165) is 0 Å². The molecular weight excluding hydrogens is 214 g/mol. The van der Waals surface area contributed by atoms with Gasteiger partial charge in [-0.1, -0.05) is 0 Å². The minimum atomic E-state index is -2.85. The van der Waals surface area contributed by atoms with Crippen LogP contribution >= 0.6 is 0 Å². The lowest BCUT2D eigenvalue weighted by Gasteiger charge is -2.33. The molecule has 6 heteroatoms. The predicted octanol–water partition coefficient (Wildman–Crippen LogP) is -0.654. The summed E-state index contributed by atoms with van der Waals surface area (Å²) in [7, 11) is -2.85. The van der Waals surface area contributed by atoms with Crippen molar-refractivity contribution in [2.24, 2.45) is 5.73 Å². The van der Waals surface area contributed by atoms with Crippen molar-refractivity contribution in [2.45, 2.75) is 25.4 Å². The third-order valence-corrected chi connectivity index (χ3v) is 4.50. The molecule has 0 aromatic rings. The summed E-state index contributed by atoms with van der Waals surface area (Å²) in [6, 6.07) is 1.56. The number of nitriles is 1. The molecule has 86 valence electrons. The molecule has 1 aliphatic heterocycles. The Morgan fingerprint density at radius 1 is 1.67 bits per heavy atom. The van der Waals surface area contributed by atoms with Crippen molar-refractivity contribution in [3.8, 4) is 6.07 Å². The molecule has 0 aromatic heterocycles. The zero-order valence-electron chi connectivity index (χ0n) is 8.89. The summed E-state index contributed by atoms with van der Waals surface area (Å²) in [4.78, 5) is 2.08. The molecule has 1 fully saturated rings. The summed E-state index contributed by atoms with van der Waals surface area (Å²) in [5.74, 6) is 0.438. The fourth-order valence-electron chi connectivity index (χ4n) is 1.73. The topological polar surface area (TPSA) is 87.2 Å². The lowest BCUT2D eigenvalue weighted by Crippen LogP contribution is -2.47. The van der Waals surface area contributed by atoms with Crippen LogP contribution in [0.2, 0.25) is 0 Å². The molecule has 0 saturated carbocycles. The Kier molecular flexibility index (Phi) is 4.08. The van der Waals surface area contributed by atoms with Crippen molar-refractivity contribution in [3.05, 3.63) is 0 Å². The molecule has 0 spiro atoms. The van der Waals surface area contributed by atoms with E-state index in [1.807, 2.05) is 13.0 Å². The third-order valence-electron chi connectivity index (χ3n) is 2.70. The molecule has 1 saturated heterocycles. The number of nitrogens with zero attached hydrogens (tertiary/aromatic N) is 2. The van der Waals surface area contributed by atoms with Gasteiger partial charge in [-0.3, -0.25) is 4.90 Å². The van der Waals surface area contributed by atoms with Crippen LogP contribution in [0.1, 0.15) is 13.3 Å². The molecule has 15 heavy (non-hydrogen) atoms. The highest BCUT2D eigenvalue weighted by molar-refractivity contribution is 7.91. The standard InChI is InChI=1S/C9H17N3O2S/c1-8-7-15(13,14)5-4-12(8)3-2-9(11)6-10/h8-9H,2-5,7,11H2,1H3. The monoisotopic (exact) mass is 231 g/mol. The van der Waals surface area contributed by atoms with Crippen LogP contribution in [0, 0.1) is 11.3 Å². The highest BCUT2D eigenvalue weighted by Gasteiger charge is 2.27. The molecular formula is C9H17N3O2S. The second-order valence-electron chi connectivity index (χ2n) is 4.02. The molecule has 0 aliphatic carbocycles. The van der Waals surface area contributed by atoms with Crippen LogP contribution in [-0.4, -0.2) is 50.0 Å². The van der Waals surface area contributed by atoms with Gasteiger partial charge in [0, 0.05) is 19.1 Å². The smallest absolute Gasteiger partial charge is 0.153 e. The third kappa shape index (κ3) is 3.78. The number of hydrogen-bond acceptors (Lipinski definition) is 5. The maximum absolute atomic E-state index is 11.3. The zero-order valence-corrected chi connectivity index (χ0v) is 9.70. The van der Waals surface area contributed by atoms with Gasteiger partial charge in [-0.2, -0.15) is 5.26 Å². The molecule has 5 nitrogen and oxygen atoms in total. The molecule has 1 heterocycles. The molecule has 2 N–H and O–H groups in total. The van der Waals surface area contributed by atoms with Gasteiger partial charge in [0.05, 0.1) is 23.6 Å². The van der Waals surface area contributed by atoms with E-state index in [9.17, 15) is 8.42 Å². The van der Waals surface area contributed by atoms with E-state index in [4.69, 9.17) is 11.0 Å². The van der Waals surface area contributed by atoms with E-state index in [1.165, 1.54) is 0 Å². The number of sulfone groups is 1. The first-order chi connectivity index (χ1) is 6.94. The highest BCUT2D eigenvalue weighted by Crippen LogP contribution is 2.11. The van der Waals surface area contributed by atoms with E-state index in [1.54, 1.807) is 0 Å². The van der Waals surface area contributed by atoms with E-state index >= 15 is 0 Å². The molecule has 0 bridgehead atoms. The first-order valence-corrected chi connectivity index (χ1v) is 6.86. The zero-order chi connectivity index (χ0) is 11.5. The van der Waals surface area contributed by atoms with Crippen LogP contribution in [0.5, 0.6) is 0 Å². The van der Waals surface area contributed by atoms with Crippen LogP contribution in [-0.2, 0) is 9.84 Å². The van der Waals surface area contributed by atoms with Gasteiger partial charge < -0.3 is 5.73 Å². The second kappa shape index (κ2) is 4.92. The van der Waals surface area contributed by atoms with Gasteiger partial charge in [0.1, 0.15) is 0 Å². The summed E-state index contributed by atoms with van der Waals surface area (Å²) < 4.78 is 22.6. The van der Waals surface area contributed by atoms with Gasteiger partial charge in [0.25, 0.3) is 0 Å². The van der Waals surface area contributed by atoms with Gasteiger partial charge in [-0.25, -0.2) is 8.42 Å². The lowest BCUT2D eigenvalue weighted by atomic mass is 10.2. The van der Waals surface area contributed by atoms with Crippen molar-refractivity contribution in [1.82, 2.24) is 4.90 Å². The molecule has 1 rings (SSSR count). The van der Waals surface area contributed by atoms with Gasteiger partial charge in [0.2, 0.25) is 0 Å². The molecule has 0 radical (unpaired) electrons. The minimum Gasteiger partial charge on any atom is -0.316 e. The highest BCUT2D eigenvalue weighted by atomic mass is 32.2. The minimum absolute atomic E-state index is 0.0367. The van der Waals surface area contributed by atoms with E-state index < -0.39 is 15.9 Å². The normalized spacial score (nSPS) is 28.2. The Morgan fingerprint density at radius 2 is 2.33 bits per heavy atom. The quantitative estimate of drug-likeness (QED) is 0.697. The fraction of sp³-hybridized carbons (Fsp3) is 0.889. The maximum Gasteiger partial charge on any atom is 0.153 e. The number of hydrogen-bond donors (Lipinski definition) is 1. The van der Waals surface area contributed by atoms with Crippen molar-refractivity contribution in [1.29, 1.82) is 5.26 Å². The average Bonchev–Trinajstić information content (AvgIpc) is 2.15. The lowest BCUT2D eigenvalue weighted by molar-refractivity contribution is 0.222. The summed E-state index contributed by atoms with van der Waals surface area (Å²) in [5.41, 5.74) is 5.48. The van der Waals surface area contributed by atoms with Gasteiger partial charge in [-0.15, -0.1) is 0 Å². The van der Waals surface area contributed by atoms with E-state index in [2.05, 4.69) is 4.90 Å². The summed E-state index contributed by atoms with van der Waals surface area (Å²) in [6.07, 6.45) is 0.598. The Morgan fingerprint density at radius 3 is 2.87 bits per heavy atom. The summed E-state index contributed by atoms with van der Waals surface area (Å²) in [5, 5.41) is 8.52. The molecule has 2 unspecified atom stereocenters. The molecule has 0 aromatic carbocycles. The summed E-state index contributed by atoms with van der Waals surface area (Å²) >= 11 is 0. The van der Waals surface area contributed by atoms with Crippen LogP contribution in [0.15, 0.2) is 0 Å². The summed E-state index contributed by atoms with van der Waals surface area (Å²) in [6.45, 7) is 3.15. The fourth-order valence-corrected chi connectivity index (χ4v) is 3.36. The van der Waals surface area contributed by atoms with Crippen molar-refractivity contribution >= 4 is 9.84 Å². The molecule has 0 amide bonds. The first kappa shape index (κ1) is 12.4. The Bertz CT molecular complexity index is 347. The molecule has 2 atom stereocenters. The van der Waals surface area contributed by atoms with Gasteiger partial charge >= 0.3 is 0 Å². The second-order valence-corrected chi connectivity index (χ2v) is 6.25. The predicted molar refractivity (Wildman–Crippen MR) is 57.9 cm³/mol. The Labute approximate surface area is 90.8 Å². The van der Waals surface area contributed by atoms with Gasteiger partial charge in [-0.05, 0) is 13.3 Å². The largest absolute Gasteiger partial charge is 0.316 e. The van der Waals surface area contributed by atoms with E-state index in [-0.39, 0.29) is 17.5 Å². The Balaban J connectivity index is 2.43. The van der Waals surface area contributed by atoms with Crippen LogP contribution in [0.25, 0.3) is 0 Å². The maximum atomic E-state index is 11.3. The van der Waals surface area contributed by atoms with Gasteiger partial charge in [0.15, 0.2) is 9.84 Å². The number of rotatable bonds is 3.